The average Bonchev–Trinajstić information content (AvgIpc) is 2.95. The molecule has 40 heavy (non-hydrogen) atoms. The zero-order chi connectivity index (χ0) is 29.3. The molecular weight excluding hydrogens is 550 g/mol. The van der Waals surface area contributed by atoms with Crippen LogP contribution in [-0.4, -0.2) is 51.4 Å². The van der Waals surface area contributed by atoms with Crippen molar-refractivity contribution in [2.75, 3.05) is 24.5 Å². The van der Waals surface area contributed by atoms with Crippen LogP contribution in [0.25, 0.3) is 0 Å². The van der Waals surface area contributed by atoms with Gasteiger partial charge in [0, 0.05) is 18.1 Å². The standard InChI is InChI=1S/C30H36ClN3O5S/c1-5-6-19-32-30(36)23(3)33(20-24-9-15-27(39-4)16-10-24)29(35)21-34(26-13-7-22(2)8-14-26)40(37,38)28-17-11-25(31)12-18-28/h7-18,23H,5-6,19-21H2,1-4H3,(H,32,36). The van der Waals surface area contributed by atoms with Crippen LogP contribution in [0.4, 0.5) is 5.69 Å². The molecule has 0 aliphatic heterocycles. The highest BCUT2D eigenvalue weighted by molar-refractivity contribution is 7.92. The first-order chi connectivity index (χ1) is 19.1. The third kappa shape index (κ3) is 7.99. The van der Waals surface area contributed by atoms with Crippen LogP contribution in [-0.2, 0) is 26.2 Å². The third-order valence-electron chi connectivity index (χ3n) is 6.51. The molecule has 3 rings (SSSR count). The molecule has 214 valence electrons. The molecule has 0 radical (unpaired) electrons. The minimum atomic E-state index is -4.15. The van der Waals surface area contributed by atoms with Gasteiger partial charge in [0.2, 0.25) is 11.8 Å². The van der Waals surface area contributed by atoms with E-state index >= 15 is 0 Å². The lowest BCUT2D eigenvalue weighted by molar-refractivity contribution is -0.139. The maximum atomic E-state index is 13.9. The van der Waals surface area contributed by atoms with Crippen LogP contribution in [0.1, 0.15) is 37.8 Å². The number of aryl methyl sites for hydroxylation is 1. The predicted octanol–water partition coefficient (Wildman–Crippen LogP) is 5.19. The maximum Gasteiger partial charge on any atom is 0.264 e. The number of ether oxygens (including phenoxy) is 1. The van der Waals surface area contributed by atoms with Crippen molar-refractivity contribution in [2.45, 2.75) is 51.1 Å². The van der Waals surface area contributed by atoms with Gasteiger partial charge in [-0.3, -0.25) is 13.9 Å². The van der Waals surface area contributed by atoms with E-state index in [4.69, 9.17) is 16.3 Å². The van der Waals surface area contributed by atoms with Crippen molar-refractivity contribution >= 4 is 39.1 Å². The van der Waals surface area contributed by atoms with Crippen molar-refractivity contribution in [2.24, 2.45) is 0 Å². The van der Waals surface area contributed by atoms with E-state index < -0.39 is 28.5 Å². The summed E-state index contributed by atoms with van der Waals surface area (Å²) in [7, 11) is -2.58. The van der Waals surface area contributed by atoms with Gasteiger partial charge < -0.3 is 15.0 Å². The van der Waals surface area contributed by atoms with Crippen LogP contribution >= 0.6 is 11.6 Å². The molecule has 0 aromatic heterocycles. The van der Waals surface area contributed by atoms with Crippen LogP contribution in [0.2, 0.25) is 5.02 Å². The Hall–Kier alpha value is -3.56. The summed E-state index contributed by atoms with van der Waals surface area (Å²) >= 11 is 5.99. The molecule has 0 heterocycles. The zero-order valence-corrected chi connectivity index (χ0v) is 24.8. The number of amides is 2. The van der Waals surface area contributed by atoms with E-state index in [2.05, 4.69) is 5.32 Å². The van der Waals surface area contributed by atoms with Crippen LogP contribution in [0, 0.1) is 6.92 Å². The summed E-state index contributed by atoms with van der Waals surface area (Å²) in [6.45, 7) is 5.65. The van der Waals surface area contributed by atoms with Crippen molar-refractivity contribution in [3.05, 3.63) is 88.9 Å². The summed E-state index contributed by atoms with van der Waals surface area (Å²) < 4.78 is 33.9. The first-order valence-electron chi connectivity index (χ1n) is 13.1. The van der Waals surface area contributed by atoms with Crippen LogP contribution in [0.3, 0.4) is 0 Å². The van der Waals surface area contributed by atoms with E-state index in [-0.39, 0.29) is 17.3 Å². The van der Waals surface area contributed by atoms with Gasteiger partial charge in [-0.1, -0.05) is 54.8 Å². The number of carbonyl (C=O) groups is 2. The number of anilines is 1. The number of nitrogens with zero attached hydrogens (tertiary/aromatic N) is 2. The normalized spacial score (nSPS) is 11.9. The van der Waals surface area contributed by atoms with Gasteiger partial charge >= 0.3 is 0 Å². The van der Waals surface area contributed by atoms with Crippen molar-refractivity contribution in [1.82, 2.24) is 10.2 Å². The SMILES string of the molecule is CCCCNC(=O)C(C)N(Cc1ccc(OC)cc1)C(=O)CN(c1ccc(C)cc1)S(=O)(=O)c1ccc(Cl)cc1. The number of carbonyl (C=O) groups excluding carboxylic acids is 2. The number of methoxy groups -OCH3 is 1. The number of hydrogen-bond donors (Lipinski definition) is 1. The average molecular weight is 586 g/mol. The smallest absolute Gasteiger partial charge is 0.264 e. The van der Waals surface area contributed by atoms with Crippen LogP contribution < -0.4 is 14.4 Å². The zero-order valence-electron chi connectivity index (χ0n) is 23.3. The molecule has 10 heteroatoms. The summed E-state index contributed by atoms with van der Waals surface area (Å²) in [5.74, 6) is -0.170. The molecular formula is C30H36ClN3O5S. The van der Waals surface area contributed by atoms with Gasteiger partial charge in [-0.2, -0.15) is 0 Å². The van der Waals surface area contributed by atoms with Gasteiger partial charge in [-0.15, -0.1) is 0 Å². The lowest BCUT2D eigenvalue weighted by atomic mass is 10.1. The van der Waals surface area contributed by atoms with Gasteiger partial charge in [-0.25, -0.2) is 8.42 Å². The molecule has 1 unspecified atom stereocenters. The maximum absolute atomic E-state index is 13.9. The molecule has 0 bridgehead atoms. The first kappa shape index (κ1) is 31.0. The fourth-order valence-corrected chi connectivity index (χ4v) is 5.56. The van der Waals surface area contributed by atoms with E-state index in [0.717, 1.165) is 28.3 Å². The van der Waals surface area contributed by atoms with Gasteiger partial charge in [0.05, 0.1) is 17.7 Å². The van der Waals surface area contributed by atoms with Crippen molar-refractivity contribution in [3.63, 3.8) is 0 Å². The van der Waals surface area contributed by atoms with Crippen molar-refractivity contribution in [1.29, 1.82) is 0 Å². The Morgan fingerprint density at radius 1 is 0.975 bits per heavy atom. The highest BCUT2D eigenvalue weighted by Crippen LogP contribution is 2.26. The Morgan fingerprint density at radius 2 is 1.60 bits per heavy atom. The second-order valence-corrected chi connectivity index (χ2v) is 11.8. The largest absolute Gasteiger partial charge is 0.497 e. The Kier molecular flexibility index (Phi) is 11.0. The van der Waals surface area contributed by atoms with Gasteiger partial charge in [0.15, 0.2) is 0 Å². The van der Waals surface area contributed by atoms with Crippen LogP contribution in [0.5, 0.6) is 5.75 Å². The minimum absolute atomic E-state index is 0.00247. The second kappa shape index (κ2) is 14.2. The summed E-state index contributed by atoms with van der Waals surface area (Å²) in [4.78, 5) is 28.4. The lowest BCUT2D eigenvalue weighted by Gasteiger charge is -2.32. The third-order valence-corrected chi connectivity index (χ3v) is 8.55. The second-order valence-electron chi connectivity index (χ2n) is 9.49. The van der Waals surface area contributed by atoms with E-state index in [1.54, 1.807) is 50.4 Å². The molecule has 3 aromatic carbocycles. The highest BCUT2D eigenvalue weighted by atomic mass is 35.5. The Bertz CT molecular complexity index is 1380. The predicted molar refractivity (Wildman–Crippen MR) is 158 cm³/mol. The molecule has 1 N–H and O–H groups in total. The Morgan fingerprint density at radius 3 is 2.17 bits per heavy atom. The topological polar surface area (TPSA) is 96.0 Å². The molecule has 3 aromatic rings. The molecule has 0 aliphatic rings. The number of benzene rings is 3. The summed E-state index contributed by atoms with van der Waals surface area (Å²) in [5, 5.41) is 3.27. The number of unbranched alkanes of at least 4 members (excludes halogenated alkanes) is 1. The van der Waals surface area contributed by atoms with E-state index in [0.29, 0.717) is 23.0 Å². The number of halogens is 1. The monoisotopic (exact) mass is 585 g/mol. The number of sulfonamides is 1. The van der Waals surface area contributed by atoms with E-state index in [1.165, 1.54) is 29.2 Å². The molecule has 2 amide bonds. The van der Waals surface area contributed by atoms with Crippen LogP contribution in [0.15, 0.2) is 77.7 Å². The number of rotatable bonds is 13. The molecule has 8 nitrogen and oxygen atoms in total. The first-order valence-corrected chi connectivity index (χ1v) is 14.9. The Labute approximate surface area is 241 Å². The van der Waals surface area contributed by atoms with Crippen molar-refractivity contribution in [3.8, 4) is 5.75 Å². The van der Waals surface area contributed by atoms with Crippen molar-refractivity contribution < 1.29 is 22.7 Å². The fraction of sp³-hybridized carbons (Fsp3) is 0.333. The summed E-state index contributed by atoms with van der Waals surface area (Å²) in [6.07, 6.45) is 1.72. The molecule has 0 fully saturated rings. The quantitative estimate of drug-likeness (QED) is 0.279. The lowest BCUT2D eigenvalue weighted by Crippen LogP contribution is -2.51. The van der Waals surface area contributed by atoms with Gasteiger partial charge in [0.25, 0.3) is 10.0 Å². The minimum Gasteiger partial charge on any atom is -0.497 e. The highest BCUT2D eigenvalue weighted by Gasteiger charge is 2.32. The Balaban J connectivity index is 1.98. The number of hydrogen-bond acceptors (Lipinski definition) is 5. The molecule has 0 spiro atoms. The number of nitrogens with one attached hydrogen (secondary N) is 1. The van der Waals surface area contributed by atoms with E-state index in [9.17, 15) is 18.0 Å². The molecule has 0 saturated carbocycles. The molecule has 0 saturated heterocycles. The molecule has 1 atom stereocenters. The van der Waals surface area contributed by atoms with E-state index in [1.807, 2.05) is 26.0 Å². The van der Waals surface area contributed by atoms with Gasteiger partial charge in [-0.05, 0) is 74.4 Å². The van der Waals surface area contributed by atoms with Gasteiger partial charge in [0.1, 0.15) is 18.3 Å². The summed E-state index contributed by atoms with van der Waals surface area (Å²) in [5.41, 5.74) is 2.04. The fourth-order valence-electron chi connectivity index (χ4n) is 4.02. The summed E-state index contributed by atoms with van der Waals surface area (Å²) in [6, 6.07) is 19.0. The molecule has 0 aliphatic carbocycles.